The topological polar surface area (TPSA) is 94.2 Å². The number of benzene rings is 2. The molecule has 2 aromatic carbocycles. The van der Waals surface area contributed by atoms with Gasteiger partial charge in [0.1, 0.15) is 5.69 Å². The Labute approximate surface area is 176 Å². The van der Waals surface area contributed by atoms with Crippen LogP contribution in [0.15, 0.2) is 54.6 Å². The first-order chi connectivity index (χ1) is 14.6. The summed E-state index contributed by atoms with van der Waals surface area (Å²) in [5.41, 5.74) is 9.22. The van der Waals surface area contributed by atoms with Gasteiger partial charge in [-0.25, -0.2) is 0 Å². The van der Waals surface area contributed by atoms with Gasteiger partial charge in [-0.2, -0.15) is 9.78 Å². The summed E-state index contributed by atoms with van der Waals surface area (Å²) in [5, 5.41) is 11.4. The molecule has 7 heteroatoms. The largest absolute Gasteiger partial charge is 0.491 e. The van der Waals surface area contributed by atoms with Gasteiger partial charge in [0.05, 0.1) is 7.11 Å². The van der Waals surface area contributed by atoms with Gasteiger partial charge < -0.3 is 21.1 Å². The minimum Gasteiger partial charge on any atom is -0.491 e. The number of aromatic nitrogens is 2. The van der Waals surface area contributed by atoms with Crippen molar-refractivity contribution in [1.29, 1.82) is 0 Å². The van der Waals surface area contributed by atoms with E-state index in [1.807, 2.05) is 42.5 Å². The lowest BCUT2D eigenvalue weighted by atomic mass is 9.89. The molecule has 4 N–H and O–H groups in total. The number of carbonyl (C=O) groups is 1. The zero-order valence-corrected chi connectivity index (χ0v) is 17.3. The first-order valence-corrected chi connectivity index (χ1v) is 10.1. The van der Waals surface area contributed by atoms with E-state index in [1.165, 1.54) is 4.68 Å². The normalized spacial score (nSPS) is 18.0. The van der Waals surface area contributed by atoms with Crippen LogP contribution in [0.5, 0.6) is 5.75 Å². The summed E-state index contributed by atoms with van der Waals surface area (Å²) in [5.74, 6) is 1.20. The molecule has 1 aliphatic heterocycles. The molecule has 1 saturated heterocycles. The van der Waals surface area contributed by atoms with Crippen LogP contribution in [0, 0.1) is 0 Å². The van der Waals surface area contributed by atoms with Gasteiger partial charge >= 0.3 is 0 Å². The van der Waals surface area contributed by atoms with Crippen LogP contribution >= 0.6 is 0 Å². The SMILES string of the molecule is COc1c(C2CNC2C)nn(C(=O)c2ccccc2)c1NCc1ccc(CN)cc1. The van der Waals surface area contributed by atoms with Gasteiger partial charge in [-0.1, -0.05) is 42.5 Å². The van der Waals surface area contributed by atoms with Gasteiger partial charge in [0, 0.05) is 37.2 Å². The Bertz CT molecular complexity index is 1010. The third-order valence-corrected chi connectivity index (χ3v) is 5.62. The molecule has 1 aromatic heterocycles. The predicted molar refractivity (Wildman–Crippen MR) is 117 cm³/mol. The number of rotatable bonds is 7. The molecular formula is C23H27N5O2. The second-order valence-electron chi connectivity index (χ2n) is 7.53. The van der Waals surface area contributed by atoms with Gasteiger partial charge in [-0.15, -0.1) is 0 Å². The van der Waals surface area contributed by atoms with Gasteiger partial charge in [0.25, 0.3) is 5.91 Å². The quantitative estimate of drug-likeness (QED) is 0.560. The maximum atomic E-state index is 13.2. The number of carbonyl (C=O) groups excluding carboxylic acids is 1. The summed E-state index contributed by atoms with van der Waals surface area (Å²) in [7, 11) is 1.62. The molecule has 30 heavy (non-hydrogen) atoms. The predicted octanol–water partition coefficient (Wildman–Crippen LogP) is 2.73. The summed E-state index contributed by atoms with van der Waals surface area (Å²) in [4.78, 5) is 13.2. The van der Waals surface area contributed by atoms with Crippen LogP contribution in [0.25, 0.3) is 0 Å². The molecular weight excluding hydrogens is 378 g/mol. The van der Waals surface area contributed by atoms with Crippen LogP contribution in [-0.4, -0.2) is 35.4 Å². The molecule has 2 unspecified atom stereocenters. The fourth-order valence-electron chi connectivity index (χ4n) is 3.65. The van der Waals surface area contributed by atoms with Crippen molar-refractivity contribution >= 4 is 11.7 Å². The number of nitrogens with zero attached hydrogens (tertiary/aromatic N) is 2. The summed E-state index contributed by atoms with van der Waals surface area (Å²) >= 11 is 0. The molecule has 7 nitrogen and oxygen atoms in total. The lowest BCUT2D eigenvalue weighted by Gasteiger charge is -2.34. The molecule has 1 fully saturated rings. The third kappa shape index (κ3) is 3.81. The molecule has 2 heterocycles. The Morgan fingerprint density at radius 3 is 2.47 bits per heavy atom. The van der Waals surface area contributed by atoms with Crippen molar-refractivity contribution in [3.8, 4) is 5.75 Å². The fraction of sp³-hybridized carbons (Fsp3) is 0.304. The zero-order valence-electron chi connectivity index (χ0n) is 17.3. The molecule has 0 aliphatic carbocycles. The monoisotopic (exact) mass is 405 g/mol. The standard InChI is InChI=1S/C23H27N5O2/c1-15-19(14-25-15)20-21(30-2)22(26-13-17-10-8-16(12-24)9-11-17)28(27-20)23(29)18-6-4-3-5-7-18/h3-11,15,19,25-26H,12-14,24H2,1-2H3. The van der Waals surface area contributed by atoms with E-state index in [9.17, 15) is 4.79 Å². The average molecular weight is 406 g/mol. The highest BCUT2D eigenvalue weighted by atomic mass is 16.5. The number of anilines is 1. The molecule has 156 valence electrons. The molecule has 4 rings (SSSR count). The lowest BCUT2D eigenvalue weighted by molar-refractivity contribution is 0.0946. The Balaban J connectivity index is 1.69. The smallest absolute Gasteiger partial charge is 0.280 e. The molecule has 0 bridgehead atoms. The minimum absolute atomic E-state index is 0.193. The van der Waals surface area contributed by atoms with Crippen LogP contribution in [0.3, 0.4) is 0 Å². The van der Waals surface area contributed by atoms with Crippen LogP contribution in [0.1, 0.15) is 40.0 Å². The van der Waals surface area contributed by atoms with E-state index >= 15 is 0 Å². The van der Waals surface area contributed by atoms with Crippen molar-refractivity contribution in [2.75, 3.05) is 19.0 Å². The van der Waals surface area contributed by atoms with Gasteiger partial charge in [0.15, 0.2) is 11.6 Å². The van der Waals surface area contributed by atoms with Crippen LogP contribution < -0.4 is 21.1 Å². The van der Waals surface area contributed by atoms with Crippen molar-refractivity contribution in [2.45, 2.75) is 32.0 Å². The van der Waals surface area contributed by atoms with Crippen LogP contribution in [0.2, 0.25) is 0 Å². The van der Waals surface area contributed by atoms with E-state index < -0.39 is 0 Å². The molecule has 0 amide bonds. The average Bonchev–Trinajstić information content (AvgIpc) is 3.14. The number of nitrogens with one attached hydrogen (secondary N) is 2. The van der Waals surface area contributed by atoms with E-state index in [4.69, 9.17) is 15.6 Å². The highest BCUT2D eigenvalue weighted by Crippen LogP contribution is 2.38. The van der Waals surface area contributed by atoms with Crippen molar-refractivity contribution in [3.63, 3.8) is 0 Å². The molecule has 3 aromatic rings. The van der Waals surface area contributed by atoms with Gasteiger partial charge in [-0.3, -0.25) is 4.79 Å². The molecule has 1 aliphatic rings. The van der Waals surface area contributed by atoms with E-state index in [0.29, 0.717) is 30.2 Å². The number of ether oxygens (including phenoxy) is 1. The third-order valence-electron chi connectivity index (χ3n) is 5.62. The lowest BCUT2D eigenvalue weighted by Crippen LogP contribution is -2.49. The van der Waals surface area contributed by atoms with E-state index in [-0.39, 0.29) is 17.9 Å². The van der Waals surface area contributed by atoms with Crippen LogP contribution in [0.4, 0.5) is 5.82 Å². The van der Waals surface area contributed by atoms with E-state index in [2.05, 4.69) is 17.6 Å². The summed E-state index contributed by atoms with van der Waals surface area (Å²) in [6.45, 7) is 3.97. The summed E-state index contributed by atoms with van der Waals surface area (Å²) in [6, 6.07) is 17.5. The molecule has 0 saturated carbocycles. The number of nitrogens with two attached hydrogens (primary N) is 1. The highest BCUT2D eigenvalue weighted by Gasteiger charge is 2.36. The fourth-order valence-corrected chi connectivity index (χ4v) is 3.65. The second kappa shape index (κ2) is 8.69. The first kappa shape index (κ1) is 20.1. The highest BCUT2D eigenvalue weighted by molar-refractivity contribution is 5.98. The molecule has 0 radical (unpaired) electrons. The number of hydrogen-bond acceptors (Lipinski definition) is 6. The van der Waals surface area contributed by atoms with Crippen molar-refractivity contribution in [3.05, 3.63) is 77.0 Å². The maximum Gasteiger partial charge on any atom is 0.280 e. The van der Waals surface area contributed by atoms with E-state index in [1.54, 1.807) is 19.2 Å². The Morgan fingerprint density at radius 1 is 1.20 bits per heavy atom. The summed E-state index contributed by atoms with van der Waals surface area (Å²) < 4.78 is 7.16. The van der Waals surface area contributed by atoms with Crippen LogP contribution in [-0.2, 0) is 13.1 Å². The Kier molecular flexibility index (Phi) is 5.83. The van der Waals surface area contributed by atoms with Gasteiger partial charge in [-0.05, 0) is 30.2 Å². The van der Waals surface area contributed by atoms with Crippen molar-refractivity contribution in [1.82, 2.24) is 15.1 Å². The Hall–Kier alpha value is -3.16. The second-order valence-corrected chi connectivity index (χ2v) is 7.53. The summed E-state index contributed by atoms with van der Waals surface area (Å²) in [6.07, 6.45) is 0. The van der Waals surface area contributed by atoms with E-state index in [0.717, 1.165) is 23.4 Å². The number of methoxy groups -OCH3 is 1. The molecule has 0 spiro atoms. The van der Waals surface area contributed by atoms with Gasteiger partial charge in [0.2, 0.25) is 0 Å². The first-order valence-electron chi connectivity index (χ1n) is 10.1. The maximum absolute atomic E-state index is 13.2. The molecule has 2 atom stereocenters. The Morgan fingerprint density at radius 2 is 1.90 bits per heavy atom. The van der Waals surface area contributed by atoms with Crippen molar-refractivity contribution in [2.24, 2.45) is 5.73 Å². The van der Waals surface area contributed by atoms with Crippen molar-refractivity contribution < 1.29 is 9.53 Å². The zero-order chi connectivity index (χ0) is 21.1. The number of hydrogen-bond donors (Lipinski definition) is 3. The minimum atomic E-state index is -0.193.